The highest BCUT2D eigenvalue weighted by molar-refractivity contribution is 5.96. The molecule has 34 heavy (non-hydrogen) atoms. The summed E-state index contributed by atoms with van der Waals surface area (Å²) in [5.41, 5.74) is 6.18. The number of aliphatic hydroxyl groups excluding tert-OH is 1. The van der Waals surface area contributed by atoms with Gasteiger partial charge in [0.25, 0.3) is 5.91 Å². The molecule has 0 radical (unpaired) electrons. The molecular formula is C26H47N3O5. The number of benzene rings is 1. The van der Waals surface area contributed by atoms with Gasteiger partial charge < -0.3 is 30.9 Å². The number of aliphatic hydroxyl groups is 1. The van der Waals surface area contributed by atoms with Crippen LogP contribution in [-0.2, 0) is 9.53 Å². The molecule has 196 valence electrons. The number of para-hydroxylation sites is 1. The SMILES string of the molecule is C.COCCCOc1ccccc1C(=O)NC[C@@H](C[C@H](N)[C@@H](O)CNC(=O)C(C)(C)C)C(C)C. The zero-order chi connectivity index (χ0) is 25.0. The van der Waals surface area contributed by atoms with Crippen molar-refractivity contribution >= 4 is 11.8 Å². The Kier molecular flexibility index (Phi) is 14.7. The minimum absolute atomic E-state index is 0. The van der Waals surface area contributed by atoms with E-state index in [4.69, 9.17) is 15.2 Å². The molecular weight excluding hydrogens is 434 g/mol. The Morgan fingerprint density at radius 2 is 1.74 bits per heavy atom. The van der Waals surface area contributed by atoms with Crippen molar-refractivity contribution in [3.05, 3.63) is 29.8 Å². The Bertz CT molecular complexity index is 733. The van der Waals surface area contributed by atoms with Crippen LogP contribution in [0.25, 0.3) is 0 Å². The quantitative estimate of drug-likeness (QED) is 0.303. The molecule has 0 unspecified atom stereocenters. The van der Waals surface area contributed by atoms with E-state index in [1.54, 1.807) is 25.3 Å². The average Bonchev–Trinajstić information content (AvgIpc) is 2.76. The van der Waals surface area contributed by atoms with E-state index in [2.05, 4.69) is 24.5 Å². The second-order valence-corrected chi connectivity index (χ2v) is 9.83. The predicted molar refractivity (Wildman–Crippen MR) is 137 cm³/mol. The number of rotatable bonds is 14. The van der Waals surface area contributed by atoms with Gasteiger partial charge in [0, 0.05) is 44.7 Å². The highest BCUT2D eigenvalue weighted by Gasteiger charge is 2.26. The maximum atomic E-state index is 12.8. The summed E-state index contributed by atoms with van der Waals surface area (Å²) in [5.74, 6) is 0.493. The smallest absolute Gasteiger partial charge is 0.255 e. The van der Waals surface area contributed by atoms with Crippen LogP contribution in [0.4, 0.5) is 0 Å². The molecule has 1 rings (SSSR count). The molecule has 5 N–H and O–H groups in total. The van der Waals surface area contributed by atoms with Crippen molar-refractivity contribution in [1.82, 2.24) is 10.6 Å². The van der Waals surface area contributed by atoms with Crippen molar-refractivity contribution in [2.75, 3.05) is 33.4 Å². The summed E-state index contributed by atoms with van der Waals surface area (Å²) in [6.07, 6.45) is 0.382. The molecule has 0 aromatic heterocycles. The van der Waals surface area contributed by atoms with Gasteiger partial charge in [-0.1, -0.05) is 54.2 Å². The van der Waals surface area contributed by atoms with Gasteiger partial charge in [-0.05, 0) is 30.4 Å². The van der Waals surface area contributed by atoms with Crippen LogP contribution in [0.2, 0.25) is 0 Å². The van der Waals surface area contributed by atoms with Crippen LogP contribution in [0.5, 0.6) is 5.75 Å². The Morgan fingerprint density at radius 3 is 2.32 bits per heavy atom. The highest BCUT2D eigenvalue weighted by Crippen LogP contribution is 2.20. The summed E-state index contributed by atoms with van der Waals surface area (Å²) >= 11 is 0. The normalized spacial score (nSPS) is 14.0. The zero-order valence-electron chi connectivity index (χ0n) is 21.0. The van der Waals surface area contributed by atoms with Crippen molar-refractivity contribution in [2.24, 2.45) is 23.0 Å². The second kappa shape index (κ2) is 15.7. The fourth-order valence-corrected chi connectivity index (χ4v) is 3.20. The van der Waals surface area contributed by atoms with E-state index in [-0.39, 0.29) is 37.6 Å². The van der Waals surface area contributed by atoms with Crippen LogP contribution in [0.15, 0.2) is 24.3 Å². The van der Waals surface area contributed by atoms with Gasteiger partial charge in [-0.15, -0.1) is 0 Å². The zero-order valence-corrected chi connectivity index (χ0v) is 21.0. The molecule has 0 bridgehead atoms. The Labute approximate surface area is 206 Å². The molecule has 0 heterocycles. The Morgan fingerprint density at radius 1 is 1.09 bits per heavy atom. The fraction of sp³-hybridized carbons (Fsp3) is 0.692. The predicted octanol–water partition coefficient (Wildman–Crippen LogP) is 2.98. The van der Waals surface area contributed by atoms with Gasteiger partial charge >= 0.3 is 0 Å². The van der Waals surface area contributed by atoms with E-state index >= 15 is 0 Å². The van der Waals surface area contributed by atoms with Crippen molar-refractivity contribution in [1.29, 1.82) is 0 Å². The van der Waals surface area contributed by atoms with Crippen LogP contribution >= 0.6 is 0 Å². The number of ether oxygens (including phenoxy) is 2. The van der Waals surface area contributed by atoms with Gasteiger partial charge in [0.15, 0.2) is 0 Å². The number of nitrogens with two attached hydrogens (primary N) is 1. The third-order valence-corrected chi connectivity index (χ3v) is 5.57. The number of methoxy groups -OCH3 is 1. The summed E-state index contributed by atoms with van der Waals surface area (Å²) in [6.45, 7) is 11.1. The molecule has 0 saturated carbocycles. The van der Waals surface area contributed by atoms with Gasteiger partial charge in [-0.2, -0.15) is 0 Å². The highest BCUT2D eigenvalue weighted by atomic mass is 16.5. The third-order valence-electron chi connectivity index (χ3n) is 5.57. The number of hydrogen-bond donors (Lipinski definition) is 4. The minimum Gasteiger partial charge on any atom is -0.493 e. The van der Waals surface area contributed by atoms with Crippen LogP contribution in [-0.4, -0.2) is 62.5 Å². The van der Waals surface area contributed by atoms with E-state index in [1.807, 2.05) is 26.8 Å². The molecule has 0 saturated heterocycles. The lowest BCUT2D eigenvalue weighted by molar-refractivity contribution is -0.129. The first kappa shape index (κ1) is 31.8. The lowest BCUT2D eigenvalue weighted by Crippen LogP contribution is -2.47. The molecule has 0 spiro atoms. The minimum atomic E-state index is -0.866. The average molecular weight is 482 g/mol. The standard InChI is InChI=1S/C25H43N3O5.CH4/c1-17(2)18(14-20(26)21(29)16-28-24(31)25(3,4)5)15-27-23(30)19-10-7-8-11-22(19)33-13-9-12-32-6;/h7-8,10-11,17-18,20-21,29H,9,12-16,26H2,1-6H3,(H,27,30)(H,28,31);1H4/t18-,20+,21+;/m1./s1. The van der Waals surface area contributed by atoms with Crippen LogP contribution in [0, 0.1) is 17.3 Å². The van der Waals surface area contributed by atoms with Gasteiger partial charge in [-0.25, -0.2) is 0 Å². The van der Waals surface area contributed by atoms with Crippen LogP contribution < -0.4 is 21.1 Å². The van der Waals surface area contributed by atoms with Crippen molar-refractivity contribution in [3.8, 4) is 5.75 Å². The van der Waals surface area contributed by atoms with Crippen molar-refractivity contribution < 1.29 is 24.2 Å². The molecule has 2 amide bonds. The van der Waals surface area contributed by atoms with Crippen LogP contribution in [0.1, 0.15) is 65.2 Å². The van der Waals surface area contributed by atoms with E-state index in [1.165, 1.54) is 0 Å². The van der Waals surface area contributed by atoms with Crippen molar-refractivity contribution in [2.45, 2.75) is 67.0 Å². The van der Waals surface area contributed by atoms with E-state index in [9.17, 15) is 14.7 Å². The molecule has 8 nitrogen and oxygen atoms in total. The Hall–Kier alpha value is -2.16. The maximum Gasteiger partial charge on any atom is 0.255 e. The van der Waals surface area contributed by atoms with Gasteiger partial charge in [0.1, 0.15) is 5.75 Å². The van der Waals surface area contributed by atoms with E-state index < -0.39 is 17.6 Å². The first-order valence-corrected chi connectivity index (χ1v) is 11.7. The third kappa shape index (κ3) is 11.3. The lowest BCUT2D eigenvalue weighted by atomic mass is 9.87. The molecule has 1 aromatic carbocycles. The van der Waals surface area contributed by atoms with Gasteiger partial charge in [0.05, 0.1) is 18.3 Å². The number of carbonyl (C=O) groups is 2. The molecule has 0 aliphatic rings. The first-order valence-electron chi connectivity index (χ1n) is 11.7. The molecule has 3 atom stereocenters. The van der Waals surface area contributed by atoms with E-state index in [0.29, 0.717) is 37.5 Å². The topological polar surface area (TPSA) is 123 Å². The second-order valence-electron chi connectivity index (χ2n) is 9.83. The summed E-state index contributed by atoms with van der Waals surface area (Å²) in [4.78, 5) is 24.9. The molecule has 8 heteroatoms. The molecule has 0 aliphatic carbocycles. The fourth-order valence-electron chi connectivity index (χ4n) is 3.20. The maximum absolute atomic E-state index is 12.8. The number of hydrogen-bond acceptors (Lipinski definition) is 6. The van der Waals surface area contributed by atoms with Gasteiger partial charge in [-0.3, -0.25) is 9.59 Å². The van der Waals surface area contributed by atoms with E-state index in [0.717, 1.165) is 6.42 Å². The largest absolute Gasteiger partial charge is 0.493 e. The molecule has 0 aliphatic heterocycles. The summed E-state index contributed by atoms with van der Waals surface area (Å²) < 4.78 is 10.8. The lowest BCUT2D eigenvalue weighted by Gasteiger charge is -2.28. The molecule has 0 fully saturated rings. The monoisotopic (exact) mass is 481 g/mol. The molecule has 1 aromatic rings. The summed E-state index contributed by atoms with van der Waals surface area (Å²) in [6, 6.07) is 6.62. The number of amides is 2. The number of carbonyl (C=O) groups excluding carboxylic acids is 2. The summed E-state index contributed by atoms with van der Waals surface area (Å²) in [5, 5.41) is 16.2. The number of nitrogens with one attached hydrogen (secondary N) is 2. The first-order chi connectivity index (χ1) is 15.5. The van der Waals surface area contributed by atoms with Crippen LogP contribution in [0.3, 0.4) is 0 Å². The van der Waals surface area contributed by atoms with Gasteiger partial charge in [0.2, 0.25) is 5.91 Å². The summed E-state index contributed by atoms with van der Waals surface area (Å²) in [7, 11) is 1.64. The Balaban J connectivity index is 0.0000109. The van der Waals surface area contributed by atoms with Crippen molar-refractivity contribution in [3.63, 3.8) is 0 Å².